The maximum Gasteiger partial charge on any atom is 0.111 e. The van der Waals surface area contributed by atoms with E-state index in [-0.39, 0.29) is 0 Å². The molecule has 2 unspecified atom stereocenters. The molecule has 3 nitrogen and oxygen atoms in total. The largest absolute Gasteiger partial charge is 0.342 e. The molecule has 2 aromatic rings. The lowest BCUT2D eigenvalue weighted by molar-refractivity contribution is 0.574. The summed E-state index contributed by atoms with van der Waals surface area (Å²) in [6.45, 7) is 3.28. The number of aromatic nitrogens is 2. The van der Waals surface area contributed by atoms with Crippen molar-refractivity contribution in [3.63, 3.8) is 0 Å². The number of imidazole rings is 1. The number of nitrogens with zero attached hydrogens (tertiary/aromatic N) is 1. The SMILES string of the molecule is CC1NCCC1c1nc2ccc(Cl)cc2[nH]1. The smallest absolute Gasteiger partial charge is 0.111 e. The van der Waals surface area contributed by atoms with Gasteiger partial charge in [-0.25, -0.2) is 4.98 Å². The molecule has 0 amide bonds. The van der Waals surface area contributed by atoms with Crippen LogP contribution in [0.2, 0.25) is 5.02 Å². The molecule has 16 heavy (non-hydrogen) atoms. The number of halogens is 1. The Labute approximate surface area is 99.2 Å². The minimum absolute atomic E-state index is 0.492. The van der Waals surface area contributed by atoms with Gasteiger partial charge in [0.15, 0.2) is 0 Å². The van der Waals surface area contributed by atoms with Gasteiger partial charge >= 0.3 is 0 Å². The van der Waals surface area contributed by atoms with Crippen LogP contribution in [0.4, 0.5) is 0 Å². The molecule has 0 bridgehead atoms. The van der Waals surface area contributed by atoms with E-state index in [4.69, 9.17) is 11.6 Å². The fourth-order valence-electron chi connectivity index (χ4n) is 2.41. The number of benzene rings is 1. The Morgan fingerprint density at radius 2 is 2.31 bits per heavy atom. The molecule has 0 radical (unpaired) electrons. The second-order valence-electron chi connectivity index (χ2n) is 4.42. The Morgan fingerprint density at radius 1 is 1.44 bits per heavy atom. The number of hydrogen-bond acceptors (Lipinski definition) is 2. The van der Waals surface area contributed by atoms with Crippen molar-refractivity contribution >= 4 is 22.6 Å². The highest BCUT2D eigenvalue weighted by atomic mass is 35.5. The molecule has 0 aliphatic carbocycles. The first-order chi connectivity index (χ1) is 7.74. The Hall–Kier alpha value is -1.06. The van der Waals surface area contributed by atoms with E-state index in [2.05, 4.69) is 22.2 Å². The minimum Gasteiger partial charge on any atom is -0.342 e. The van der Waals surface area contributed by atoms with Crippen LogP contribution in [-0.4, -0.2) is 22.6 Å². The summed E-state index contributed by atoms with van der Waals surface area (Å²) in [6, 6.07) is 6.27. The van der Waals surface area contributed by atoms with Gasteiger partial charge in [-0.2, -0.15) is 0 Å². The average molecular weight is 236 g/mol. The highest BCUT2D eigenvalue weighted by Crippen LogP contribution is 2.27. The van der Waals surface area contributed by atoms with Crippen molar-refractivity contribution < 1.29 is 0 Å². The number of rotatable bonds is 1. The Bertz CT molecular complexity index is 520. The van der Waals surface area contributed by atoms with Crippen LogP contribution in [0.5, 0.6) is 0 Å². The first-order valence-electron chi connectivity index (χ1n) is 5.62. The zero-order valence-corrected chi connectivity index (χ0v) is 9.88. The fourth-order valence-corrected chi connectivity index (χ4v) is 2.58. The summed E-state index contributed by atoms with van der Waals surface area (Å²) in [4.78, 5) is 8.01. The van der Waals surface area contributed by atoms with Crippen LogP contribution in [-0.2, 0) is 0 Å². The molecule has 2 heterocycles. The van der Waals surface area contributed by atoms with Crippen LogP contribution in [0.3, 0.4) is 0 Å². The topological polar surface area (TPSA) is 40.7 Å². The van der Waals surface area contributed by atoms with Gasteiger partial charge in [-0.3, -0.25) is 0 Å². The summed E-state index contributed by atoms with van der Waals surface area (Å²) in [5.74, 6) is 1.57. The van der Waals surface area contributed by atoms with Crippen molar-refractivity contribution in [3.05, 3.63) is 29.0 Å². The van der Waals surface area contributed by atoms with Gasteiger partial charge in [0.25, 0.3) is 0 Å². The van der Waals surface area contributed by atoms with Crippen LogP contribution in [0.15, 0.2) is 18.2 Å². The molecule has 4 heteroatoms. The van der Waals surface area contributed by atoms with Gasteiger partial charge in [0.2, 0.25) is 0 Å². The van der Waals surface area contributed by atoms with Gasteiger partial charge in [0, 0.05) is 17.0 Å². The molecule has 0 saturated carbocycles. The maximum atomic E-state index is 5.96. The molecule has 3 rings (SSSR count). The third kappa shape index (κ3) is 1.60. The summed E-state index contributed by atoms with van der Waals surface area (Å²) in [6.07, 6.45) is 1.15. The van der Waals surface area contributed by atoms with Crippen molar-refractivity contribution in [1.82, 2.24) is 15.3 Å². The van der Waals surface area contributed by atoms with Crippen molar-refractivity contribution in [2.45, 2.75) is 25.3 Å². The zero-order chi connectivity index (χ0) is 11.1. The molecule has 1 saturated heterocycles. The van der Waals surface area contributed by atoms with Crippen LogP contribution in [0, 0.1) is 0 Å². The Kier molecular flexibility index (Phi) is 2.37. The van der Waals surface area contributed by atoms with Gasteiger partial charge in [-0.1, -0.05) is 11.6 Å². The van der Waals surface area contributed by atoms with Crippen LogP contribution in [0.1, 0.15) is 25.1 Å². The first kappa shape index (κ1) is 10.1. The maximum absolute atomic E-state index is 5.96. The molecule has 0 spiro atoms. The highest BCUT2D eigenvalue weighted by molar-refractivity contribution is 6.31. The molecule has 1 aromatic carbocycles. The molecule has 1 fully saturated rings. The van der Waals surface area contributed by atoms with E-state index in [1.807, 2.05) is 18.2 Å². The average Bonchev–Trinajstić information content (AvgIpc) is 2.82. The van der Waals surface area contributed by atoms with Crippen molar-refractivity contribution in [3.8, 4) is 0 Å². The van der Waals surface area contributed by atoms with Gasteiger partial charge in [-0.05, 0) is 38.1 Å². The number of hydrogen-bond donors (Lipinski definition) is 2. The normalized spacial score (nSPS) is 25.4. The molecule has 2 N–H and O–H groups in total. The van der Waals surface area contributed by atoms with E-state index in [1.165, 1.54) is 0 Å². The van der Waals surface area contributed by atoms with E-state index < -0.39 is 0 Å². The summed E-state index contributed by atoms with van der Waals surface area (Å²) >= 11 is 5.96. The molecular weight excluding hydrogens is 222 g/mol. The van der Waals surface area contributed by atoms with Crippen LogP contribution < -0.4 is 5.32 Å². The first-order valence-corrected chi connectivity index (χ1v) is 6.00. The minimum atomic E-state index is 0.492. The van der Waals surface area contributed by atoms with Gasteiger partial charge in [0.1, 0.15) is 5.82 Å². The summed E-state index contributed by atoms with van der Waals surface area (Å²) in [5, 5.41) is 4.19. The van der Waals surface area contributed by atoms with Crippen LogP contribution >= 0.6 is 11.6 Å². The monoisotopic (exact) mass is 235 g/mol. The van der Waals surface area contributed by atoms with E-state index in [9.17, 15) is 0 Å². The molecule has 84 valence electrons. The predicted molar refractivity (Wildman–Crippen MR) is 65.9 cm³/mol. The van der Waals surface area contributed by atoms with Crippen molar-refractivity contribution in [2.75, 3.05) is 6.54 Å². The Morgan fingerprint density at radius 3 is 3.06 bits per heavy atom. The zero-order valence-electron chi connectivity index (χ0n) is 9.13. The quantitative estimate of drug-likeness (QED) is 0.798. The lowest BCUT2D eigenvalue weighted by atomic mass is 10.0. The van der Waals surface area contributed by atoms with Crippen molar-refractivity contribution in [1.29, 1.82) is 0 Å². The summed E-state index contributed by atoms with van der Waals surface area (Å²) in [5.41, 5.74) is 2.03. The summed E-state index contributed by atoms with van der Waals surface area (Å²) in [7, 11) is 0. The molecular formula is C12H14ClN3. The number of nitrogens with one attached hydrogen (secondary N) is 2. The van der Waals surface area contributed by atoms with Crippen LogP contribution in [0.25, 0.3) is 11.0 Å². The second-order valence-corrected chi connectivity index (χ2v) is 4.86. The lowest BCUT2D eigenvalue weighted by Crippen LogP contribution is -2.22. The molecule has 1 aromatic heterocycles. The van der Waals surface area contributed by atoms with Gasteiger partial charge < -0.3 is 10.3 Å². The highest BCUT2D eigenvalue weighted by Gasteiger charge is 2.26. The van der Waals surface area contributed by atoms with Crippen molar-refractivity contribution in [2.24, 2.45) is 0 Å². The van der Waals surface area contributed by atoms with E-state index in [0.717, 1.165) is 34.8 Å². The van der Waals surface area contributed by atoms with E-state index in [0.29, 0.717) is 12.0 Å². The third-order valence-corrected chi connectivity index (χ3v) is 3.57. The third-order valence-electron chi connectivity index (χ3n) is 3.34. The Balaban J connectivity index is 2.04. The molecule has 1 aliphatic heterocycles. The fraction of sp³-hybridized carbons (Fsp3) is 0.417. The lowest BCUT2D eigenvalue weighted by Gasteiger charge is -2.11. The molecule has 2 atom stereocenters. The standard InChI is InChI=1S/C12H14ClN3/c1-7-9(4-5-14-7)12-15-10-3-2-8(13)6-11(10)16-12/h2-3,6-7,9,14H,4-5H2,1H3,(H,15,16). The number of aromatic amines is 1. The molecule has 1 aliphatic rings. The second kappa shape index (κ2) is 3.75. The van der Waals surface area contributed by atoms with E-state index >= 15 is 0 Å². The predicted octanol–water partition coefficient (Wildman–Crippen LogP) is 2.68. The van der Waals surface area contributed by atoms with E-state index in [1.54, 1.807) is 0 Å². The number of H-pyrrole nitrogens is 1. The van der Waals surface area contributed by atoms with Gasteiger partial charge in [-0.15, -0.1) is 0 Å². The summed E-state index contributed by atoms with van der Waals surface area (Å²) < 4.78 is 0. The number of fused-ring (bicyclic) bond motifs is 1. The van der Waals surface area contributed by atoms with Gasteiger partial charge in [0.05, 0.1) is 11.0 Å².